The van der Waals surface area contributed by atoms with Gasteiger partial charge in [-0.1, -0.05) is 6.07 Å². The van der Waals surface area contributed by atoms with Crippen LogP contribution in [0.2, 0.25) is 0 Å². The molecule has 122 valence electrons. The molecule has 1 amide bonds. The Morgan fingerprint density at radius 2 is 2.30 bits per heavy atom. The number of nitrogens with one attached hydrogen (secondary N) is 2. The van der Waals surface area contributed by atoms with Gasteiger partial charge in [0, 0.05) is 30.2 Å². The van der Waals surface area contributed by atoms with Gasteiger partial charge in [-0.2, -0.15) is 0 Å². The van der Waals surface area contributed by atoms with E-state index in [1.807, 2.05) is 38.1 Å². The zero-order valence-electron chi connectivity index (χ0n) is 13.8. The molecule has 1 aliphatic heterocycles. The van der Waals surface area contributed by atoms with Gasteiger partial charge in [0.25, 0.3) is 5.91 Å². The van der Waals surface area contributed by atoms with Crippen LogP contribution in [0.4, 0.5) is 0 Å². The molecule has 2 N–H and O–H groups in total. The zero-order chi connectivity index (χ0) is 16.2. The van der Waals surface area contributed by atoms with Crippen LogP contribution in [0.15, 0.2) is 30.5 Å². The van der Waals surface area contributed by atoms with Gasteiger partial charge in [0.05, 0.1) is 17.8 Å². The Labute approximate surface area is 137 Å². The van der Waals surface area contributed by atoms with E-state index in [0.29, 0.717) is 6.54 Å². The standard InChI is InChI=1S/C18H24N4O/c1-13-10-17(18(23)21-15-7-5-8-19-11-15)14(2)22(13)12-16-6-3-4-9-20-16/h3-4,6,9-10,15,19H,5,7-8,11-12H2,1-2H3,(H,21,23)/t15-/m0/s1. The fraction of sp³-hybridized carbons (Fsp3) is 0.444. The number of carbonyl (C=O) groups is 1. The molecule has 0 aliphatic carbocycles. The molecule has 3 heterocycles. The number of aromatic nitrogens is 2. The average molecular weight is 312 g/mol. The van der Waals surface area contributed by atoms with Gasteiger partial charge in [0.15, 0.2) is 0 Å². The highest BCUT2D eigenvalue weighted by molar-refractivity contribution is 5.95. The highest BCUT2D eigenvalue weighted by Crippen LogP contribution is 2.17. The molecule has 3 rings (SSSR count). The molecule has 1 atom stereocenters. The minimum atomic E-state index is 0.0269. The van der Waals surface area contributed by atoms with Crippen molar-refractivity contribution in [1.29, 1.82) is 0 Å². The Hall–Kier alpha value is -2.14. The summed E-state index contributed by atoms with van der Waals surface area (Å²) in [5.41, 5.74) is 3.84. The average Bonchev–Trinajstić information content (AvgIpc) is 2.85. The quantitative estimate of drug-likeness (QED) is 0.908. The maximum absolute atomic E-state index is 12.6. The van der Waals surface area contributed by atoms with E-state index in [9.17, 15) is 4.79 Å². The number of carbonyl (C=O) groups excluding carboxylic acids is 1. The number of aryl methyl sites for hydroxylation is 1. The molecule has 5 heteroatoms. The molecular formula is C18H24N4O. The number of hydrogen-bond donors (Lipinski definition) is 2. The molecule has 0 saturated carbocycles. The smallest absolute Gasteiger partial charge is 0.253 e. The van der Waals surface area contributed by atoms with E-state index >= 15 is 0 Å². The molecule has 23 heavy (non-hydrogen) atoms. The Morgan fingerprint density at radius 3 is 3.00 bits per heavy atom. The van der Waals surface area contributed by atoms with Crippen LogP contribution in [0.25, 0.3) is 0 Å². The minimum absolute atomic E-state index is 0.0269. The van der Waals surface area contributed by atoms with Gasteiger partial charge in [-0.3, -0.25) is 9.78 Å². The van der Waals surface area contributed by atoms with Crippen LogP contribution < -0.4 is 10.6 Å². The van der Waals surface area contributed by atoms with Crippen molar-refractivity contribution in [2.45, 2.75) is 39.3 Å². The van der Waals surface area contributed by atoms with E-state index < -0.39 is 0 Å². The third kappa shape index (κ3) is 3.62. The van der Waals surface area contributed by atoms with Crippen LogP contribution in [0, 0.1) is 13.8 Å². The molecular weight excluding hydrogens is 288 g/mol. The lowest BCUT2D eigenvalue weighted by atomic mass is 10.1. The normalized spacial score (nSPS) is 17.9. The second-order valence-corrected chi connectivity index (χ2v) is 6.21. The fourth-order valence-electron chi connectivity index (χ4n) is 3.17. The van der Waals surface area contributed by atoms with E-state index in [4.69, 9.17) is 0 Å². The molecule has 1 aliphatic rings. The van der Waals surface area contributed by atoms with Crippen LogP contribution in [0.1, 0.15) is 40.3 Å². The van der Waals surface area contributed by atoms with Crippen molar-refractivity contribution >= 4 is 5.91 Å². The molecule has 1 saturated heterocycles. The molecule has 0 aromatic carbocycles. The molecule has 1 fully saturated rings. The summed E-state index contributed by atoms with van der Waals surface area (Å²) in [5.74, 6) is 0.0269. The number of nitrogens with zero attached hydrogens (tertiary/aromatic N) is 2. The lowest BCUT2D eigenvalue weighted by Gasteiger charge is -2.23. The van der Waals surface area contributed by atoms with Gasteiger partial charge in [-0.25, -0.2) is 0 Å². The van der Waals surface area contributed by atoms with E-state index in [1.54, 1.807) is 6.20 Å². The molecule has 0 bridgehead atoms. The monoisotopic (exact) mass is 312 g/mol. The Kier molecular flexibility index (Phi) is 4.76. The van der Waals surface area contributed by atoms with Crippen molar-refractivity contribution < 1.29 is 4.79 Å². The number of piperidine rings is 1. The van der Waals surface area contributed by atoms with Crippen molar-refractivity contribution in [3.05, 3.63) is 53.1 Å². The van der Waals surface area contributed by atoms with Crippen molar-refractivity contribution in [3.63, 3.8) is 0 Å². The summed E-state index contributed by atoms with van der Waals surface area (Å²) in [6, 6.07) is 8.11. The number of hydrogen-bond acceptors (Lipinski definition) is 3. The Balaban J connectivity index is 1.75. The summed E-state index contributed by atoms with van der Waals surface area (Å²) in [6.45, 7) is 6.64. The second-order valence-electron chi connectivity index (χ2n) is 6.21. The first-order valence-corrected chi connectivity index (χ1v) is 8.23. The molecule has 0 unspecified atom stereocenters. The third-order valence-electron chi connectivity index (χ3n) is 4.50. The summed E-state index contributed by atoms with van der Waals surface area (Å²) >= 11 is 0. The van der Waals surface area contributed by atoms with Gasteiger partial charge in [0.1, 0.15) is 0 Å². The first-order chi connectivity index (χ1) is 11.1. The van der Waals surface area contributed by atoms with Crippen LogP contribution in [0.3, 0.4) is 0 Å². The minimum Gasteiger partial charge on any atom is -0.348 e. The molecule has 5 nitrogen and oxygen atoms in total. The number of amides is 1. The van der Waals surface area contributed by atoms with E-state index in [2.05, 4.69) is 20.2 Å². The van der Waals surface area contributed by atoms with Crippen LogP contribution in [0.5, 0.6) is 0 Å². The Bertz CT molecular complexity index is 672. The number of pyridine rings is 1. The van der Waals surface area contributed by atoms with Gasteiger partial charge < -0.3 is 15.2 Å². The maximum atomic E-state index is 12.6. The SMILES string of the molecule is Cc1cc(C(=O)N[C@H]2CCCNC2)c(C)n1Cc1ccccn1. The van der Waals surface area contributed by atoms with Gasteiger partial charge >= 0.3 is 0 Å². The maximum Gasteiger partial charge on any atom is 0.253 e. The predicted molar refractivity (Wildman–Crippen MR) is 90.6 cm³/mol. The topological polar surface area (TPSA) is 59.0 Å². The highest BCUT2D eigenvalue weighted by atomic mass is 16.1. The molecule has 0 spiro atoms. The highest BCUT2D eigenvalue weighted by Gasteiger charge is 2.20. The third-order valence-corrected chi connectivity index (χ3v) is 4.50. The lowest BCUT2D eigenvalue weighted by molar-refractivity contribution is 0.0930. The van der Waals surface area contributed by atoms with Crippen molar-refractivity contribution in [2.75, 3.05) is 13.1 Å². The van der Waals surface area contributed by atoms with E-state index in [1.165, 1.54) is 0 Å². The summed E-state index contributed by atoms with van der Waals surface area (Å²) in [6.07, 6.45) is 3.96. The van der Waals surface area contributed by atoms with Crippen molar-refractivity contribution in [2.24, 2.45) is 0 Å². The van der Waals surface area contributed by atoms with Gasteiger partial charge in [-0.15, -0.1) is 0 Å². The summed E-state index contributed by atoms with van der Waals surface area (Å²) in [7, 11) is 0. The largest absolute Gasteiger partial charge is 0.348 e. The second kappa shape index (κ2) is 6.96. The van der Waals surface area contributed by atoms with Crippen LogP contribution in [-0.2, 0) is 6.54 Å². The summed E-state index contributed by atoms with van der Waals surface area (Å²) in [5, 5.41) is 6.48. The lowest BCUT2D eigenvalue weighted by Crippen LogP contribution is -2.45. The van der Waals surface area contributed by atoms with Crippen molar-refractivity contribution in [1.82, 2.24) is 20.2 Å². The molecule has 0 radical (unpaired) electrons. The zero-order valence-corrected chi connectivity index (χ0v) is 13.8. The Morgan fingerprint density at radius 1 is 1.43 bits per heavy atom. The first kappa shape index (κ1) is 15.7. The molecule has 2 aromatic heterocycles. The first-order valence-electron chi connectivity index (χ1n) is 8.23. The van der Waals surface area contributed by atoms with E-state index in [0.717, 1.165) is 48.6 Å². The van der Waals surface area contributed by atoms with Gasteiger partial charge in [0.2, 0.25) is 0 Å². The van der Waals surface area contributed by atoms with Crippen molar-refractivity contribution in [3.8, 4) is 0 Å². The predicted octanol–water partition coefficient (Wildman–Crippen LogP) is 2.03. The van der Waals surface area contributed by atoms with Gasteiger partial charge in [-0.05, 0) is 51.4 Å². The number of rotatable bonds is 4. The summed E-state index contributed by atoms with van der Waals surface area (Å²) in [4.78, 5) is 17.0. The molecule has 2 aromatic rings. The fourth-order valence-corrected chi connectivity index (χ4v) is 3.17. The summed E-state index contributed by atoms with van der Waals surface area (Å²) < 4.78 is 2.15. The van der Waals surface area contributed by atoms with E-state index in [-0.39, 0.29) is 11.9 Å². The van der Waals surface area contributed by atoms with Crippen LogP contribution in [-0.4, -0.2) is 34.6 Å². The van der Waals surface area contributed by atoms with Crippen LogP contribution >= 0.6 is 0 Å².